The van der Waals surface area contributed by atoms with E-state index >= 15 is 0 Å². The molecular weight excluding hydrogens is 374 g/mol. The number of rotatable bonds is 5. The standard InChI is InChI=1S/C25H29N3O2/c1-25(2,29)13-12-21-7-6-16-28-24(21)23(19-26-28)20-8-10-22(11-9-20)30-18-17-27-14-4-3-5-15-27/h6-11,16,19,29H,3-5,14-15,17-18H2,1-2H3. The van der Waals surface area contributed by atoms with Gasteiger partial charge >= 0.3 is 0 Å². The molecule has 0 spiro atoms. The van der Waals surface area contributed by atoms with Crippen LogP contribution in [-0.2, 0) is 0 Å². The Labute approximate surface area is 178 Å². The number of nitrogens with zero attached hydrogens (tertiary/aromatic N) is 3. The molecular formula is C25H29N3O2. The smallest absolute Gasteiger partial charge is 0.120 e. The second kappa shape index (κ2) is 8.91. The number of pyridine rings is 1. The third kappa shape index (κ3) is 5.02. The number of aromatic nitrogens is 2. The lowest BCUT2D eigenvalue weighted by atomic mass is 10.0. The zero-order valence-electron chi connectivity index (χ0n) is 17.8. The molecule has 4 rings (SSSR count). The predicted octanol–water partition coefficient (Wildman–Crippen LogP) is 3.99. The molecule has 1 saturated heterocycles. The first-order valence-corrected chi connectivity index (χ1v) is 10.7. The van der Waals surface area contributed by atoms with E-state index < -0.39 is 5.60 Å². The molecule has 1 fully saturated rings. The molecule has 3 aromatic rings. The van der Waals surface area contributed by atoms with Gasteiger partial charge in [-0.25, -0.2) is 4.52 Å². The van der Waals surface area contributed by atoms with Crippen LogP contribution in [-0.4, -0.2) is 51.5 Å². The van der Waals surface area contributed by atoms with Crippen LogP contribution in [0.25, 0.3) is 16.6 Å². The van der Waals surface area contributed by atoms with E-state index in [2.05, 4.69) is 34.0 Å². The number of ether oxygens (including phenoxy) is 1. The summed E-state index contributed by atoms with van der Waals surface area (Å²) in [6, 6.07) is 12.0. The Morgan fingerprint density at radius 1 is 1.10 bits per heavy atom. The maximum absolute atomic E-state index is 9.96. The molecule has 0 atom stereocenters. The van der Waals surface area contributed by atoms with E-state index in [-0.39, 0.29) is 0 Å². The van der Waals surface area contributed by atoms with Crippen LogP contribution in [0.1, 0.15) is 38.7 Å². The van der Waals surface area contributed by atoms with Crippen molar-refractivity contribution in [2.24, 2.45) is 0 Å². The summed E-state index contributed by atoms with van der Waals surface area (Å²) in [7, 11) is 0. The van der Waals surface area contributed by atoms with Gasteiger partial charge in [-0.3, -0.25) is 4.90 Å². The molecule has 1 aromatic carbocycles. The van der Waals surface area contributed by atoms with Gasteiger partial charge in [0.25, 0.3) is 0 Å². The molecule has 0 saturated carbocycles. The van der Waals surface area contributed by atoms with Crippen LogP contribution in [0.15, 0.2) is 48.8 Å². The average Bonchev–Trinajstić information content (AvgIpc) is 3.18. The fraction of sp³-hybridized carbons (Fsp3) is 0.400. The summed E-state index contributed by atoms with van der Waals surface area (Å²) < 4.78 is 7.78. The van der Waals surface area contributed by atoms with Crippen molar-refractivity contribution >= 4 is 5.52 Å². The largest absolute Gasteiger partial charge is 0.492 e. The van der Waals surface area contributed by atoms with E-state index in [1.807, 2.05) is 41.2 Å². The zero-order valence-corrected chi connectivity index (χ0v) is 17.8. The highest BCUT2D eigenvalue weighted by atomic mass is 16.5. The molecule has 0 radical (unpaired) electrons. The first-order chi connectivity index (χ1) is 14.5. The second-order valence-corrected chi connectivity index (χ2v) is 8.36. The summed E-state index contributed by atoms with van der Waals surface area (Å²) in [6.45, 7) is 7.44. The number of hydrogen-bond acceptors (Lipinski definition) is 4. The van der Waals surface area contributed by atoms with Crippen LogP contribution in [0.2, 0.25) is 0 Å². The van der Waals surface area contributed by atoms with Crippen molar-refractivity contribution in [2.45, 2.75) is 38.7 Å². The Balaban J connectivity index is 1.50. The third-order valence-electron chi connectivity index (χ3n) is 5.33. The van der Waals surface area contributed by atoms with Crippen molar-refractivity contribution in [1.29, 1.82) is 0 Å². The SMILES string of the molecule is CC(C)(O)C#Cc1cccn2ncc(-c3ccc(OCCN4CCCCC4)cc3)c12. The summed E-state index contributed by atoms with van der Waals surface area (Å²) >= 11 is 0. The summed E-state index contributed by atoms with van der Waals surface area (Å²) in [6.07, 6.45) is 7.73. The average molecular weight is 404 g/mol. The first-order valence-electron chi connectivity index (χ1n) is 10.7. The molecule has 5 nitrogen and oxygen atoms in total. The maximum atomic E-state index is 9.96. The summed E-state index contributed by atoms with van der Waals surface area (Å²) in [5.41, 5.74) is 2.81. The van der Waals surface area contributed by atoms with Gasteiger partial charge in [0.2, 0.25) is 0 Å². The molecule has 0 aliphatic carbocycles. The van der Waals surface area contributed by atoms with Crippen LogP contribution < -0.4 is 4.74 Å². The molecule has 1 N–H and O–H groups in total. The van der Waals surface area contributed by atoms with Crippen molar-refractivity contribution in [3.8, 4) is 28.7 Å². The van der Waals surface area contributed by atoms with Crippen molar-refractivity contribution in [2.75, 3.05) is 26.2 Å². The Hall–Kier alpha value is -2.81. The number of aliphatic hydroxyl groups is 1. The van der Waals surface area contributed by atoms with Crippen LogP contribution in [0.3, 0.4) is 0 Å². The number of hydrogen-bond donors (Lipinski definition) is 1. The molecule has 156 valence electrons. The van der Waals surface area contributed by atoms with Crippen molar-refractivity contribution < 1.29 is 9.84 Å². The minimum Gasteiger partial charge on any atom is -0.492 e. The van der Waals surface area contributed by atoms with E-state index in [0.717, 1.165) is 34.5 Å². The van der Waals surface area contributed by atoms with Crippen LogP contribution in [0, 0.1) is 11.8 Å². The minimum absolute atomic E-state index is 0.715. The molecule has 1 aliphatic rings. The lowest BCUT2D eigenvalue weighted by Crippen LogP contribution is -2.33. The Morgan fingerprint density at radius 3 is 2.60 bits per heavy atom. The summed E-state index contributed by atoms with van der Waals surface area (Å²) in [5, 5.41) is 14.4. The van der Waals surface area contributed by atoms with E-state index in [1.54, 1.807) is 13.8 Å². The molecule has 2 aromatic heterocycles. The third-order valence-corrected chi connectivity index (χ3v) is 5.33. The van der Waals surface area contributed by atoms with E-state index in [9.17, 15) is 5.11 Å². The first kappa shape index (κ1) is 20.5. The second-order valence-electron chi connectivity index (χ2n) is 8.36. The molecule has 0 bridgehead atoms. The van der Waals surface area contributed by atoms with Crippen molar-refractivity contribution in [3.63, 3.8) is 0 Å². The summed E-state index contributed by atoms with van der Waals surface area (Å²) in [4.78, 5) is 2.48. The highest BCUT2D eigenvalue weighted by molar-refractivity contribution is 5.84. The molecule has 0 unspecified atom stereocenters. The van der Waals surface area contributed by atoms with Gasteiger partial charge < -0.3 is 9.84 Å². The van der Waals surface area contributed by atoms with Crippen molar-refractivity contribution in [3.05, 3.63) is 54.4 Å². The van der Waals surface area contributed by atoms with Gasteiger partial charge in [0.15, 0.2) is 0 Å². The van der Waals surface area contributed by atoms with Gasteiger partial charge in [0.05, 0.1) is 17.3 Å². The fourth-order valence-corrected chi connectivity index (χ4v) is 3.78. The van der Waals surface area contributed by atoms with Gasteiger partial charge in [0, 0.05) is 18.3 Å². The van der Waals surface area contributed by atoms with Gasteiger partial charge in [-0.1, -0.05) is 30.4 Å². The number of benzene rings is 1. The molecule has 30 heavy (non-hydrogen) atoms. The normalized spacial score (nSPS) is 15.0. The van der Waals surface area contributed by atoms with Gasteiger partial charge in [-0.2, -0.15) is 5.10 Å². The monoisotopic (exact) mass is 403 g/mol. The highest BCUT2D eigenvalue weighted by Gasteiger charge is 2.12. The minimum atomic E-state index is -1.04. The lowest BCUT2D eigenvalue weighted by Gasteiger charge is -2.26. The Kier molecular flexibility index (Phi) is 6.08. The number of piperidine rings is 1. The number of likely N-dealkylation sites (tertiary alicyclic amines) is 1. The highest BCUT2D eigenvalue weighted by Crippen LogP contribution is 2.28. The zero-order chi connectivity index (χ0) is 21.0. The maximum Gasteiger partial charge on any atom is 0.120 e. The molecule has 1 aliphatic heterocycles. The van der Waals surface area contributed by atoms with E-state index in [1.165, 1.54) is 32.4 Å². The number of fused-ring (bicyclic) bond motifs is 1. The quantitative estimate of drug-likeness (QED) is 0.655. The van der Waals surface area contributed by atoms with Crippen LogP contribution in [0.4, 0.5) is 0 Å². The fourth-order valence-electron chi connectivity index (χ4n) is 3.78. The lowest BCUT2D eigenvalue weighted by molar-refractivity contribution is 0.143. The van der Waals surface area contributed by atoms with Crippen molar-refractivity contribution in [1.82, 2.24) is 14.5 Å². The Bertz CT molecular complexity index is 1050. The van der Waals surface area contributed by atoms with E-state index in [0.29, 0.717) is 6.61 Å². The van der Waals surface area contributed by atoms with Crippen LogP contribution in [0.5, 0.6) is 5.75 Å². The van der Waals surface area contributed by atoms with Gasteiger partial charge in [0.1, 0.15) is 18.0 Å². The topological polar surface area (TPSA) is 50.0 Å². The van der Waals surface area contributed by atoms with Gasteiger partial charge in [-0.05, 0) is 69.6 Å². The Morgan fingerprint density at radius 2 is 1.87 bits per heavy atom. The summed E-state index contributed by atoms with van der Waals surface area (Å²) in [5.74, 6) is 6.89. The molecule has 0 amide bonds. The predicted molar refractivity (Wildman–Crippen MR) is 120 cm³/mol. The van der Waals surface area contributed by atoms with Gasteiger partial charge in [-0.15, -0.1) is 0 Å². The van der Waals surface area contributed by atoms with E-state index in [4.69, 9.17) is 4.74 Å². The van der Waals surface area contributed by atoms with Crippen LogP contribution >= 0.6 is 0 Å². The molecule has 3 heterocycles. The molecule has 5 heteroatoms.